The van der Waals surface area contributed by atoms with Gasteiger partial charge in [-0.2, -0.15) is 0 Å². The van der Waals surface area contributed by atoms with E-state index >= 15 is 0 Å². The molecule has 0 N–H and O–H groups in total. The fourth-order valence-electron chi connectivity index (χ4n) is 2.20. The summed E-state index contributed by atoms with van der Waals surface area (Å²) in [5.74, 6) is 0.898. The van der Waals surface area contributed by atoms with Gasteiger partial charge in [0, 0.05) is 19.3 Å². The number of carbonyl (C=O) groups excluding carboxylic acids is 2. The second-order valence-corrected chi connectivity index (χ2v) is 7.40. The zero-order valence-electron chi connectivity index (χ0n) is 15.0. The predicted molar refractivity (Wildman–Crippen MR) is 102 cm³/mol. The van der Waals surface area contributed by atoms with Crippen molar-refractivity contribution in [2.75, 3.05) is 38.1 Å². The number of carbonyl (C=O) groups is 2. The minimum atomic E-state index is -0.0911. The second-order valence-electron chi connectivity index (χ2n) is 5.86. The van der Waals surface area contributed by atoms with Crippen LogP contribution in [0.2, 0.25) is 0 Å². The molecule has 142 valence electrons. The van der Waals surface area contributed by atoms with Gasteiger partial charge in [0.05, 0.1) is 19.1 Å². The summed E-state index contributed by atoms with van der Waals surface area (Å²) in [7, 11) is 0. The number of rotatable bonds is 18. The third-order valence-electron chi connectivity index (χ3n) is 3.52. The second kappa shape index (κ2) is 19.2. The maximum absolute atomic E-state index is 10.9. The van der Waals surface area contributed by atoms with Gasteiger partial charge in [-0.1, -0.05) is 56.7 Å². The van der Waals surface area contributed by atoms with E-state index in [4.69, 9.17) is 21.1 Å². The van der Waals surface area contributed by atoms with Crippen molar-refractivity contribution in [2.45, 2.75) is 64.7 Å². The molecular formula is C18H33ClO4S. The first-order chi connectivity index (χ1) is 11.7. The number of hydrogen-bond acceptors (Lipinski definition) is 5. The van der Waals surface area contributed by atoms with Gasteiger partial charge in [0.25, 0.3) is 0 Å². The Morgan fingerprint density at radius 3 is 1.92 bits per heavy atom. The van der Waals surface area contributed by atoms with Crippen LogP contribution in [0.15, 0.2) is 0 Å². The van der Waals surface area contributed by atoms with E-state index in [0.29, 0.717) is 13.2 Å². The Kier molecular flexibility index (Phi) is 19.1. The van der Waals surface area contributed by atoms with Crippen LogP contribution in [0.3, 0.4) is 0 Å². The van der Waals surface area contributed by atoms with Gasteiger partial charge < -0.3 is 9.47 Å². The summed E-state index contributed by atoms with van der Waals surface area (Å²) < 4.78 is 10.6. The molecule has 0 saturated carbocycles. The molecule has 0 unspecified atom stereocenters. The highest BCUT2D eigenvalue weighted by molar-refractivity contribution is 8.13. The van der Waals surface area contributed by atoms with E-state index in [2.05, 4.69) is 0 Å². The summed E-state index contributed by atoms with van der Waals surface area (Å²) in [5, 5.41) is 0.230. The molecule has 0 spiro atoms. The molecular weight excluding hydrogens is 348 g/mol. The topological polar surface area (TPSA) is 52.6 Å². The summed E-state index contributed by atoms with van der Waals surface area (Å²) in [6.07, 6.45) is 11.2. The zero-order chi connectivity index (χ0) is 17.9. The molecule has 0 amide bonds. The van der Waals surface area contributed by atoms with Gasteiger partial charge in [0.2, 0.25) is 0 Å². The van der Waals surface area contributed by atoms with Gasteiger partial charge in [-0.05, 0) is 12.8 Å². The van der Waals surface area contributed by atoms with Crippen LogP contribution in [0.1, 0.15) is 64.7 Å². The Hall–Kier alpha value is -0.100. The highest BCUT2D eigenvalue weighted by Crippen LogP contribution is 2.12. The maximum Gasteiger partial charge on any atom is 0.185 e. The fourth-order valence-corrected chi connectivity index (χ4v) is 2.92. The Bertz CT molecular complexity index is 313. The van der Waals surface area contributed by atoms with Crippen molar-refractivity contribution in [3.8, 4) is 0 Å². The highest BCUT2D eigenvalue weighted by Gasteiger charge is 1.99. The molecule has 6 heteroatoms. The van der Waals surface area contributed by atoms with Crippen LogP contribution < -0.4 is 0 Å². The van der Waals surface area contributed by atoms with Gasteiger partial charge in [-0.3, -0.25) is 9.59 Å². The van der Waals surface area contributed by atoms with Crippen molar-refractivity contribution in [3.63, 3.8) is 0 Å². The SMILES string of the molecule is CC(=O)SCCCCCCCCCCCOCCOCC(=O)CCl. The van der Waals surface area contributed by atoms with Crippen LogP contribution in [-0.2, 0) is 19.1 Å². The lowest BCUT2D eigenvalue weighted by Crippen LogP contribution is -2.13. The first-order valence-corrected chi connectivity index (χ1v) is 10.6. The van der Waals surface area contributed by atoms with Gasteiger partial charge in [-0.15, -0.1) is 11.6 Å². The van der Waals surface area contributed by atoms with Crippen molar-refractivity contribution in [2.24, 2.45) is 0 Å². The van der Waals surface area contributed by atoms with Crippen LogP contribution in [-0.4, -0.2) is 49.0 Å². The predicted octanol–water partition coefficient (Wildman–Crippen LogP) is 4.62. The number of thioether (sulfide) groups is 1. The van der Waals surface area contributed by atoms with E-state index < -0.39 is 0 Å². The lowest BCUT2D eigenvalue weighted by Gasteiger charge is -2.05. The van der Waals surface area contributed by atoms with Crippen molar-refractivity contribution in [1.82, 2.24) is 0 Å². The van der Waals surface area contributed by atoms with Crippen molar-refractivity contribution in [1.29, 1.82) is 0 Å². The highest BCUT2D eigenvalue weighted by atomic mass is 35.5. The Labute approximate surface area is 156 Å². The molecule has 24 heavy (non-hydrogen) atoms. The zero-order valence-corrected chi connectivity index (χ0v) is 16.6. The number of Topliss-reactive ketones (excluding diaryl/α,β-unsaturated/α-hetero) is 1. The number of hydrogen-bond donors (Lipinski definition) is 0. The molecule has 0 saturated heterocycles. The molecule has 0 atom stereocenters. The molecule has 0 bridgehead atoms. The summed E-state index contributed by atoms with van der Waals surface area (Å²) in [6, 6.07) is 0. The average Bonchev–Trinajstić information content (AvgIpc) is 2.57. The van der Waals surface area contributed by atoms with Gasteiger partial charge in [-0.25, -0.2) is 0 Å². The van der Waals surface area contributed by atoms with Crippen molar-refractivity contribution in [3.05, 3.63) is 0 Å². The molecule has 0 aromatic heterocycles. The molecule has 0 aliphatic carbocycles. The van der Waals surface area contributed by atoms with Crippen LogP contribution in [0.5, 0.6) is 0 Å². The average molecular weight is 381 g/mol. The van der Waals surface area contributed by atoms with Gasteiger partial charge >= 0.3 is 0 Å². The third kappa shape index (κ3) is 19.9. The van der Waals surface area contributed by atoms with Crippen LogP contribution in [0, 0.1) is 0 Å². The molecule has 0 radical (unpaired) electrons. The number of ether oxygens (including phenoxy) is 2. The number of halogens is 1. The summed E-state index contributed by atoms with van der Waals surface area (Å²) in [5.41, 5.74) is 0. The normalized spacial score (nSPS) is 10.9. The van der Waals surface area contributed by atoms with Crippen molar-refractivity contribution < 1.29 is 19.1 Å². The fraction of sp³-hybridized carbons (Fsp3) is 0.889. The van der Waals surface area contributed by atoms with E-state index in [-0.39, 0.29) is 23.4 Å². The van der Waals surface area contributed by atoms with Gasteiger partial charge in [0.15, 0.2) is 10.9 Å². The van der Waals surface area contributed by atoms with Crippen LogP contribution in [0.25, 0.3) is 0 Å². The van der Waals surface area contributed by atoms with E-state index in [9.17, 15) is 9.59 Å². The monoisotopic (exact) mass is 380 g/mol. The number of unbranched alkanes of at least 4 members (excludes halogenated alkanes) is 8. The Morgan fingerprint density at radius 1 is 0.792 bits per heavy atom. The van der Waals surface area contributed by atoms with Crippen molar-refractivity contribution >= 4 is 34.3 Å². The summed E-state index contributed by atoms with van der Waals surface area (Å²) in [4.78, 5) is 21.6. The smallest absolute Gasteiger partial charge is 0.185 e. The number of alkyl halides is 1. The summed E-state index contributed by atoms with van der Waals surface area (Å²) in [6.45, 7) is 3.48. The van der Waals surface area contributed by atoms with Gasteiger partial charge in [0.1, 0.15) is 6.61 Å². The van der Waals surface area contributed by atoms with Crippen LogP contribution >= 0.6 is 23.4 Å². The van der Waals surface area contributed by atoms with Crippen LogP contribution in [0.4, 0.5) is 0 Å². The maximum atomic E-state index is 10.9. The lowest BCUT2D eigenvalue weighted by atomic mass is 10.1. The number of ketones is 1. The molecule has 0 fully saturated rings. The Balaban J connectivity index is 3.03. The first kappa shape index (κ1) is 23.9. The molecule has 0 aromatic rings. The van der Waals surface area contributed by atoms with E-state index in [1.807, 2.05) is 0 Å². The lowest BCUT2D eigenvalue weighted by molar-refractivity contribution is -0.121. The summed E-state index contributed by atoms with van der Waals surface area (Å²) >= 11 is 6.80. The van der Waals surface area contributed by atoms with E-state index in [1.165, 1.54) is 56.7 Å². The first-order valence-electron chi connectivity index (χ1n) is 9.03. The largest absolute Gasteiger partial charge is 0.379 e. The molecule has 0 aliphatic rings. The van der Waals surface area contributed by atoms with E-state index in [1.54, 1.807) is 6.92 Å². The molecule has 0 heterocycles. The molecule has 0 rings (SSSR count). The van der Waals surface area contributed by atoms with E-state index in [0.717, 1.165) is 25.2 Å². The standard InChI is InChI=1S/C18H33ClO4S/c1-17(20)24-14-10-8-6-4-2-3-5-7-9-11-22-12-13-23-16-18(21)15-19/h2-16H2,1H3. The molecule has 0 aliphatic heterocycles. The molecule has 4 nitrogen and oxygen atoms in total. The quantitative estimate of drug-likeness (QED) is 0.256. The third-order valence-corrected chi connectivity index (χ3v) is 4.72. The Morgan fingerprint density at radius 2 is 1.33 bits per heavy atom. The minimum absolute atomic E-state index is 0.0137. The minimum Gasteiger partial charge on any atom is -0.379 e. The molecule has 0 aromatic carbocycles.